The molecular weight excluding hydrogens is 212 g/mol. The fourth-order valence-electron chi connectivity index (χ4n) is 2.47. The van der Waals surface area contributed by atoms with Crippen LogP contribution in [0.15, 0.2) is 11.6 Å². The van der Waals surface area contributed by atoms with Crippen molar-refractivity contribution < 1.29 is 9.47 Å². The summed E-state index contributed by atoms with van der Waals surface area (Å²) in [6.45, 7) is 5.23. The van der Waals surface area contributed by atoms with Crippen LogP contribution in [-0.2, 0) is 9.47 Å². The van der Waals surface area contributed by atoms with Crippen molar-refractivity contribution in [1.82, 2.24) is 0 Å². The summed E-state index contributed by atoms with van der Waals surface area (Å²) in [4.78, 5) is 0. The molecule has 2 rings (SSSR count). The number of hydrogen-bond acceptors (Lipinski definition) is 2. The molecule has 0 spiro atoms. The molecule has 1 aliphatic carbocycles. The van der Waals surface area contributed by atoms with Crippen LogP contribution in [0.2, 0.25) is 0 Å². The molecule has 0 N–H and O–H groups in total. The van der Waals surface area contributed by atoms with E-state index in [0.717, 1.165) is 13.0 Å². The second-order valence-corrected chi connectivity index (χ2v) is 5.77. The van der Waals surface area contributed by atoms with Gasteiger partial charge in [-0.2, -0.15) is 0 Å². The summed E-state index contributed by atoms with van der Waals surface area (Å²) < 4.78 is 11.7. The molecule has 1 saturated heterocycles. The summed E-state index contributed by atoms with van der Waals surface area (Å²) in [5.41, 5.74) is 1.64. The molecule has 1 heterocycles. The lowest BCUT2D eigenvalue weighted by Crippen LogP contribution is -2.22. The van der Waals surface area contributed by atoms with Gasteiger partial charge in [-0.25, -0.2) is 0 Å². The summed E-state index contributed by atoms with van der Waals surface area (Å²) >= 11 is 0. The summed E-state index contributed by atoms with van der Waals surface area (Å²) in [6.07, 6.45) is 12.2. The van der Waals surface area contributed by atoms with Gasteiger partial charge in [0.1, 0.15) is 0 Å². The summed E-state index contributed by atoms with van der Waals surface area (Å²) in [5, 5.41) is 0. The Balaban J connectivity index is 1.59. The van der Waals surface area contributed by atoms with Gasteiger partial charge in [-0.3, -0.25) is 0 Å². The van der Waals surface area contributed by atoms with Crippen LogP contribution in [0, 0.1) is 0 Å². The Hall–Kier alpha value is -0.340. The normalized spacial score (nSPS) is 25.9. The van der Waals surface area contributed by atoms with Gasteiger partial charge in [0.15, 0.2) is 6.29 Å². The lowest BCUT2D eigenvalue weighted by molar-refractivity contribution is -0.157. The van der Waals surface area contributed by atoms with Crippen LogP contribution in [0.25, 0.3) is 0 Å². The van der Waals surface area contributed by atoms with Crippen molar-refractivity contribution in [3.63, 3.8) is 0 Å². The van der Waals surface area contributed by atoms with E-state index in [0.29, 0.717) is 0 Å². The maximum Gasteiger partial charge on any atom is 0.158 e. The highest BCUT2D eigenvalue weighted by Gasteiger charge is 2.45. The van der Waals surface area contributed by atoms with Gasteiger partial charge in [0.25, 0.3) is 0 Å². The number of allylic oxidation sites excluding steroid dienone is 2. The van der Waals surface area contributed by atoms with Crippen LogP contribution in [-0.4, -0.2) is 18.5 Å². The zero-order valence-corrected chi connectivity index (χ0v) is 11.3. The minimum atomic E-state index is 0.107. The van der Waals surface area contributed by atoms with Gasteiger partial charge in [-0.1, -0.05) is 18.1 Å². The van der Waals surface area contributed by atoms with Gasteiger partial charge >= 0.3 is 0 Å². The Labute approximate surface area is 105 Å². The van der Waals surface area contributed by atoms with E-state index < -0.39 is 0 Å². The highest BCUT2D eigenvalue weighted by molar-refractivity contribution is 4.97. The highest BCUT2D eigenvalue weighted by Crippen LogP contribution is 2.45. The second-order valence-electron chi connectivity index (χ2n) is 5.77. The summed E-state index contributed by atoms with van der Waals surface area (Å²) in [7, 11) is 0. The first-order valence-electron chi connectivity index (χ1n) is 7.13. The first-order valence-corrected chi connectivity index (χ1v) is 7.13. The van der Waals surface area contributed by atoms with Gasteiger partial charge in [-0.15, -0.1) is 0 Å². The molecule has 0 aromatic carbocycles. The molecule has 0 radical (unpaired) electrons. The zero-order chi connectivity index (χ0) is 12.1. The van der Waals surface area contributed by atoms with E-state index in [4.69, 9.17) is 9.47 Å². The fourth-order valence-corrected chi connectivity index (χ4v) is 2.47. The quantitative estimate of drug-likeness (QED) is 0.489. The average Bonchev–Trinajstić information content (AvgIpc) is 2.84. The monoisotopic (exact) mass is 238 g/mol. The molecular formula is C15H26O2. The average molecular weight is 238 g/mol. The van der Waals surface area contributed by atoms with Gasteiger partial charge in [0, 0.05) is 13.0 Å². The van der Waals surface area contributed by atoms with Crippen LogP contribution in [0.4, 0.5) is 0 Å². The zero-order valence-electron chi connectivity index (χ0n) is 11.3. The summed E-state index contributed by atoms with van der Waals surface area (Å²) in [5.74, 6) is 0. The number of unbranched alkanes of at least 4 members (excludes halogenated alkanes) is 2. The molecule has 17 heavy (non-hydrogen) atoms. The van der Waals surface area contributed by atoms with Crippen molar-refractivity contribution >= 4 is 0 Å². The molecule has 2 aliphatic rings. The molecule has 2 fully saturated rings. The third-order valence-corrected chi connectivity index (χ3v) is 3.72. The standard InChI is InChI=1S/C15H26O2/c1-13(2)7-4-3-5-9-15(10-11-15)17-14-8-6-12-16-14/h7,14H,3-6,8-12H2,1-2H3. The first kappa shape index (κ1) is 13.1. The van der Waals surface area contributed by atoms with E-state index >= 15 is 0 Å². The topological polar surface area (TPSA) is 18.5 Å². The Morgan fingerprint density at radius 1 is 1.35 bits per heavy atom. The molecule has 1 aliphatic heterocycles. The van der Waals surface area contributed by atoms with Crippen molar-refractivity contribution in [3.05, 3.63) is 11.6 Å². The van der Waals surface area contributed by atoms with E-state index in [1.165, 1.54) is 50.5 Å². The largest absolute Gasteiger partial charge is 0.353 e. The molecule has 0 aromatic heterocycles. The Kier molecular flexibility index (Phi) is 4.63. The molecule has 0 aromatic rings. The van der Waals surface area contributed by atoms with Crippen LogP contribution in [0.3, 0.4) is 0 Å². The maximum atomic E-state index is 6.10. The van der Waals surface area contributed by atoms with E-state index in [-0.39, 0.29) is 11.9 Å². The highest BCUT2D eigenvalue weighted by atomic mass is 16.7. The van der Waals surface area contributed by atoms with Gasteiger partial charge in [-0.05, 0) is 52.4 Å². The molecule has 2 heteroatoms. The number of hydrogen-bond donors (Lipinski definition) is 0. The van der Waals surface area contributed by atoms with E-state index in [2.05, 4.69) is 19.9 Å². The van der Waals surface area contributed by atoms with Crippen molar-refractivity contribution in [2.75, 3.05) is 6.61 Å². The molecule has 1 unspecified atom stereocenters. The Morgan fingerprint density at radius 3 is 2.76 bits per heavy atom. The van der Waals surface area contributed by atoms with E-state index in [9.17, 15) is 0 Å². The number of rotatable bonds is 7. The SMILES string of the molecule is CC(C)=CCCCCC1(OC2CCCO2)CC1. The number of ether oxygens (including phenoxy) is 2. The molecule has 0 amide bonds. The lowest BCUT2D eigenvalue weighted by atomic mass is 10.1. The minimum Gasteiger partial charge on any atom is -0.353 e. The van der Waals surface area contributed by atoms with Crippen LogP contribution in [0.1, 0.15) is 65.2 Å². The first-order chi connectivity index (χ1) is 8.20. The van der Waals surface area contributed by atoms with Crippen molar-refractivity contribution in [2.45, 2.75) is 77.1 Å². The smallest absolute Gasteiger partial charge is 0.158 e. The molecule has 1 saturated carbocycles. The predicted octanol–water partition coefficient (Wildman–Crippen LogP) is 4.20. The lowest BCUT2D eigenvalue weighted by Gasteiger charge is -2.20. The predicted molar refractivity (Wildman–Crippen MR) is 69.9 cm³/mol. The van der Waals surface area contributed by atoms with Crippen molar-refractivity contribution in [3.8, 4) is 0 Å². The van der Waals surface area contributed by atoms with Gasteiger partial charge in [0.05, 0.1) is 5.60 Å². The van der Waals surface area contributed by atoms with E-state index in [1.54, 1.807) is 0 Å². The van der Waals surface area contributed by atoms with Gasteiger partial charge < -0.3 is 9.47 Å². The fraction of sp³-hybridized carbons (Fsp3) is 0.867. The van der Waals surface area contributed by atoms with Crippen LogP contribution >= 0.6 is 0 Å². The Morgan fingerprint density at radius 2 is 2.18 bits per heavy atom. The van der Waals surface area contributed by atoms with Crippen LogP contribution in [0.5, 0.6) is 0 Å². The molecule has 1 atom stereocenters. The van der Waals surface area contributed by atoms with Crippen LogP contribution < -0.4 is 0 Å². The molecule has 98 valence electrons. The van der Waals surface area contributed by atoms with E-state index in [1.807, 2.05) is 0 Å². The maximum absolute atomic E-state index is 6.10. The molecule has 0 bridgehead atoms. The minimum absolute atomic E-state index is 0.107. The van der Waals surface area contributed by atoms with Crippen molar-refractivity contribution in [1.29, 1.82) is 0 Å². The Bertz CT molecular complexity index is 256. The van der Waals surface area contributed by atoms with Gasteiger partial charge in [0.2, 0.25) is 0 Å². The second kappa shape index (κ2) is 6.01. The third kappa shape index (κ3) is 4.44. The molecule has 2 nitrogen and oxygen atoms in total. The summed E-state index contributed by atoms with van der Waals surface area (Å²) in [6, 6.07) is 0. The third-order valence-electron chi connectivity index (χ3n) is 3.72. The van der Waals surface area contributed by atoms with Crippen molar-refractivity contribution in [2.24, 2.45) is 0 Å².